The fraction of sp³-hybridized carbons (Fsp3) is 0.182. The smallest absolute Gasteiger partial charge is 0.259 e. The number of hydrogen-bond acceptors (Lipinski definition) is 3. The molecule has 6 heteroatoms. The van der Waals surface area contributed by atoms with Gasteiger partial charge in [0, 0.05) is 24.2 Å². The van der Waals surface area contributed by atoms with Crippen LogP contribution in [-0.4, -0.2) is 21.1 Å². The molecule has 0 saturated carbocycles. The molecule has 0 unspecified atom stereocenters. The van der Waals surface area contributed by atoms with Crippen molar-refractivity contribution in [2.75, 3.05) is 5.32 Å². The Morgan fingerprint density at radius 3 is 3.06 bits per heavy atom. The van der Waals surface area contributed by atoms with Crippen molar-refractivity contribution >= 4 is 23.3 Å². The minimum absolute atomic E-state index is 0.322. The van der Waals surface area contributed by atoms with E-state index in [1.807, 2.05) is 6.92 Å². The summed E-state index contributed by atoms with van der Waals surface area (Å²) in [6.07, 6.45) is 3.78. The highest BCUT2D eigenvalue weighted by Crippen LogP contribution is 2.15. The van der Waals surface area contributed by atoms with Crippen molar-refractivity contribution in [3.8, 4) is 0 Å². The summed E-state index contributed by atoms with van der Waals surface area (Å²) in [6, 6.07) is 3.35. The molecule has 88 valence electrons. The summed E-state index contributed by atoms with van der Waals surface area (Å²) in [5.74, 6) is 0.157. The number of aryl methyl sites for hydroxylation is 1. The van der Waals surface area contributed by atoms with Crippen molar-refractivity contribution in [1.29, 1.82) is 0 Å². The third-order valence-electron chi connectivity index (χ3n) is 2.27. The number of carbonyl (C=O) groups is 1. The first kappa shape index (κ1) is 11.6. The van der Waals surface area contributed by atoms with Gasteiger partial charge in [-0.15, -0.1) is 0 Å². The number of carbonyl (C=O) groups excluding carboxylic acids is 1. The molecule has 0 atom stereocenters. The topological polar surface area (TPSA) is 70.7 Å². The van der Waals surface area contributed by atoms with E-state index in [1.54, 1.807) is 12.1 Å². The quantitative estimate of drug-likeness (QED) is 0.878. The van der Waals surface area contributed by atoms with E-state index in [0.717, 1.165) is 12.1 Å². The molecule has 0 fully saturated rings. The van der Waals surface area contributed by atoms with Crippen LogP contribution in [-0.2, 0) is 6.42 Å². The molecule has 0 spiro atoms. The van der Waals surface area contributed by atoms with Crippen molar-refractivity contribution in [2.45, 2.75) is 13.3 Å². The van der Waals surface area contributed by atoms with Gasteiger partial charge in [0.05, 0.1) is 10.6 Å². The minimum Gasteiger partial charge on any atom is -0.305 e. The molecule has 2 N–H and O–H groups in total. The highest BCUT2D eigenvalue weighted by Gasteiger charge is 2.11. The van der Waals surface area contributed by atoms with E-state index in [0.29, 0.717) is 16.4 Å². The number of amides is 1. The van der Waals surface area contributed by atoms with Crippen LogP contribution in [0.1, 0.15) is 23.0 Å². The van der Waals surface area contributed by atoms with Crippen LogP contribution in [0.25, 0.3) is 0 Å². The van der Waals surface area contributed by atoms with Gasteiger partial charge in [0.2, 0.25) is 0 Å². The van der Waals surface area contributed by atoms with Crippen LogP contribution < -0.4 is 5.32 Å². The Hall–Kier alpha value is -1.88. The Kier molecular flexibility index (Phi) is 3.39. The zero-order valence-corrected chi connectivity index (χ0v) is 9.95. The molecule has 0 radical (unpaired) electrons. The lowest BCUT2D eigenvalue weighted by Crippen LogP contribution is -2.13. The fourth-order valence-electron chi connectivity index (χ4n) is 1.33. The second-order valence-corrected chi connectivity index (χ2v) is 3.85. The van der Waals surface area contributed by atoms with Gasteiger partial charge in [-0.3, -0.25) is 14.9 Å². The van der Waals surface area contributed by atoms with Gasteiger partial charge >= 0.3 is 0 Å². The van der Waals surface area contributed by atoms with Gasteiger partial charge < -0.3 is 5.32 Å². The number of hydrogen-bond donors (Lipinski definition) is 2. The number of pyridine rings is 1. The van der Waals surface area contributed by atoms with E-state index in [-0.39, 0.29) is 5.91 Å². The molecule has 0 aliphatic carbocycles. The minimum atomic E-state index is -0.322. The highest BCUT2D eigenvalue weighted by molar-refractivity contribution is 6.34. The lowest BCUT2D eigenvalue weighted by Gasteiger charge is -2.02. The first-order chi connectivity index (χ1) is 8.20. The molecule has 2 aromatic rings. The second kappa shape index (κ2) is 4.97. The molecule has 2 heterocycles. The van der Waals surface area contributed by atoms with Gasteiger partial charge in [0.25, 0.3) is 5.91 Å². The molecule has 5 nitrogen and oxygen atoms in total. The number of H-pyrrole nitrogens is 1. The molecular weight excluding hydrogens is 240 g/mol. The SMILES string of the molecule is CCc1cc(NC(=O)c2cnccc2Cl)n[nH]1. The number of rotatable bonds is 3. The summed E-state index contributed by atoms with van der Waals surface area (Å²) in [7, 11) is 0. The Labute approximate surface area is 103 Å². The van der Waals surface area contributed by atoms with Gasteiger partial charge in [-0.2, -0.15) is 5.10 Å². The van der Waals surface area contributed by atoms with Gasteiger partial charge in [-0.1, -0.05) is 18.5 Å². The molecule has 0 bridgehead atoms. The van der Waals surface area contributed by atoms with E-state index in [2.05, 4.69) is 20.5 Å². The summed E-state index contributed by atoms with van der Waals surface area (Å²) < 4.78 is 0. The van der Waals surface area contributed by atoms with E-state index >= 15 is 0 Å². The summed E-state index contributed by atoms with van der Waals surface area (Å²) in [6.45, 7) is 2.00. The van der Waals surface area contributed by atoms with E-state index < -0.39 is 0 Å². The summed E-state index contributed by atoms with van der Waals surface area (Å²) in [4.78, 5) is 15.7. The first-order valence-electron chi connectivity index (χ1n) is 5.16. The predicted molar refractivity (Wildman–Crippen MR) is 65.2 cm³/mol. The van der Waals surface area contributed by atoms with Gasteiger partial charge in [0.15, 0.2) is 5.82 Å². The van der Waals surface area contributed by atoms with Crippen molar-refractivity contribution < 1.29 is 4.79 Å². The lowest BCUT2D eigenvalue weighted by molar-refractivity contribution is 0.102. The van der Waals surface area contributed by atoms with Crippen LogP contribution >= 0.6 is 11.6 Å². The molecular formula is C11H11ClN4O. The Balaban J connectivity index is 2.14. The van der Waals surface area contributed by atoms with Crippen LogP contribution in [0.15, 0.2) is 24.5 Å². The number of halogens is 1. The molecule has 1 amide bonds. The number of aromatic amines is 1. The second-order valence-electron chi connectivity index (χ2n) is 3.44. The lowest BCUT2D eigenvalue weighted by atomic mass is 10.2. The first-order valence-corrected chi connectivity index (χ1v) is 5.53. The molecule has 0 aromatic carbocycles. The summed E-state index contributed by atoms with van der Waals surface area (Å²) >= 11 is 5.89. The molecule has 2 aromatic heterocycles. The van der Waals surface area contributed by atoms with Gasteiger partial charge in [-0.25, -0.2) is 0 Å². The van der Waals surface area contributed by atoms with Crippen molar-refractivity contribution in [3.63, 3.8) is 0 Å². The van der Waals surface area contributed by atoms with Crippen LogP contribution in [0, 0.1) is 0 Å². The monoisotopic (exact) mass is 250 g/mol. The zero-order valence-electron chi connectivity index (χ0n) is 9.20. The molecule has 0 aliphatic rings. The van der Waals surface area contributed by atoms with E-state index in [9.17, 15) is 4.79 Å². The summed E-state index contributed by atoms with van der Waals surface area (Å²) in [5, 5.41) is 9.79. The zero-order chi connectivity index (χ0) is 12.3. The van der Waals surface area contributed by atoms with E-state index in [4.69, 9.17) is 11.6 Å². The highest BCUT2D eigenvalue weighted by atomic mass is 35.5. The standard InChI is InChI=1S/C11H11ClN4O/c1-2-7-5-10(16-15-7)14-11(17)8-6-13-4-3-9(8)12/h3-6H,2H2,1H3,(H2,14,15,16,17). The van der Waals surface area contributed by atoms with Crippen LogP contribution in [0.5, 0.6) is 0 Å². The van der Waals surface area contributed by atoms with Crippen molar-refractivity contribution in [1.82, 2.24) is 15.2 Å². The molecule has 17 heavy (non-hydrogen) atoms. The molecule has 0 saturated heterocycles. The molecule has 2 rings (SSSR count). The number of nitrogens with zero attached hydrogens (tertiary/aromatic N) is 2. The third kappa shape index (κ3) is 2.62. The van der Waals surface area contributed by atoms with Crippen molar-refractivity contribution in [3.05, 3.63) is 40.8 Å². The maximum atomic E-state index is 11.8. The number of aromatic nitrogens is 3. The van der Waals surface area contributed by atoms with Crippen LogP contribution in [0.2, 0.25) is 5.02 Å². The Bertz CT molecular complexity index is 538. The maximum absolute atomic E-state index is 11.8. The summed E-state index contributed by atoms with van der Waals surface area (Å²) in [5.41, 5.74) is 1.28. The Morgan fingerprint density at radius 2 is 2.41 bits per heavy atom. The number of anilines is 1. The van der Waals surface area contributed by atoms with Crippen LogP contribution in [0.3, 0.4) is 0 Å². The van der Waals surface area contributed by atoms with E-state index in [1.165, 1.54) is 12.4 Å². The van der Waals surface area contributed by atoms with Crippen molar-refractivity contribution in [2.24, 2.45) is 0 Å². The maximum Gasteiger partial charge on any atom is 0.259 e. The normalized spacial score (nSPS) is 10.2. The number of nitrogens with one attached hydrogen (secondary N) is 2. The Morgan fingerprint density at radius 1 is 1.59 bits per heavy atom. The average Bonchev–Trinajstić information content (AvgIpc) is 2.77. The largest absolute Gasteiger partial charge is 0.305 e. The predicted octanol–water partition coefficient (Wildman–Crippen LogP) is 2.27. The third-order valence-corrected chi connectivity index (χ3v) is 2.60. The fourth-order valence-corrected chi connectivity index (χ4v) is 1.53. The van der Waals surface area contributed by atoms with Crippen LogP contribution in [0.4, 0.5) is 5.82 Å². The molecule has 0 aliphatic heterocycles. The van der Waals surface area contributed by atoms with Gasteiger partial charge in [-0.05, 0) is 12.5 Å². The van der Waals surface area contributed by atoms with Gasteiger partial charge in [0.1, 0.15) is 0 Å². The average molecular weight is 251 g/mol.